The minimum absolute atomic E-state index is 0.333. The van der Waals surface area contributed by atoms with Gasteiger partial charge in [0, 0.05) is 0 Å². The average molecular weight is 212 g/mol. The molecule has 0 heterocycles. The summed E-state index contributed by atoms with van der Waals surface area (Å²) >= 11 is 0. The third-order valence-corrected chi connectivity index (χ3v) is 4.16. The van der Waals surface area contributed by atoms with Crippen LogP contribution in [0.2, 0.25) is 0 Å². The second-order valence-electron chi connectivity index (χ2n) is 6.21. The fourth-order valence-corrected chi connectivity index (χ4v) is 2.75. The standard InChI is InChI=1S/C14H28O/c1-11(2)6-5-8-14(15)9-7-12(3)13(4)10-14/h11-13,15H,5-10H2,1-4H3. The van der Waals surface area contributed by atoms with Crippen molar-refractivity contribution in [2.45, 2.75) is 71.8 Å². The van der Waals surface area contributed by atoms with Gasteiger partial charge in [0.2, 0.25) is 0 Å². The molecule has 1 saturated carbocycles. The van der Waals surface area contributed by atoms with E-state index < -0.39 is 0 Å². The Kier molecular flexibility index (Phi) is 4.64. The van der Waals surface area contributed by atoms with Gasteiger partial charge in [-0.05, 0) is 43.4 Å². The van der Waals surface area contributed by atoms with Gasteiger partial charge in [0.15, 0.2) is 0 Å². The van der Waals surface area contributed by atoms with Gasteiger partial charge in [-0.1, -0.05) is 40.5 Å². The molecule has 0 amide bonds. The predicted octanol–water partition coefficient (Wildman–Crippen LogP) is 4.00. The summed E-state index contributed by atoms with van der Waals surface area (Å²) in [7, 11) is 0. The summed E-state index contributed by atoms with van der Waals surface area (Å²) in [6.45, 7) is 9.13. The molecule has 1 nitrogen and oxygen atoms in total. The molecule has 0 aromatic carbocycles. The van der Waals surface area contributed by atoms with Crippen LogP contribution in [0.4, 0.5) is 0 Å². The van der Waals surface area contributed by atoms with Crippen molar-refractivity contribution in [1.29, 1.82) is 0 Å². The van der Waals surface area contributed by atoms with Crippen molar-refractivity contribution in [1.82, 2.24) is 0 Å². The molecular weight excluding hydrogens is 184 g/mol. The van der Waals surface area contributed by atoms with Gasteiger partial charge in [-0.15, -0.1) is 0 Å². The third-order valence-electron chi connectivity index (χ3n) is 4.16. The third kappa shape index (κ3) is 4.14. The number of rotatable bonds is 4. The van der Waals surface area contributed by atoms with Gasteiger partial charge < -0.3 is 5.11 Å². The largest absolute Gasteiger partial charge is 0.390 e. The molecule has 0 saturated heterocycles. The fourth-order valence-electron chi connectivity index (χ4n) is 2.75. The quantitative estimate of drug-likeness (QED) is 0.747. The highest BCUT2D eigenvalue weighted by atomic mass is 16.3. The first-order valence-electron chi connectivity index (χ1n) is 6.65. The van der Waals surface area contributed by atoms with Gasteiger partial charge in [-0.2, -0.15) is 0 Å². The number of hydrogen-bond acceptors (Lipinski definition) is 1. The Morgan fingerprint density at radius 2 is 1.93 bits per heavy atom. The molecule has 1 rings (SSSR count). The van der Waals surface area contributed by atoms with Crippen LogP contribution < -0.4 is 0 Å². The first-order chi connectivity index (χ1) is 6.93. The van der Waals surface area contributed by atoms with Crippen LogP contribution in [0.25, 0.3) is 0 Å². The first-order valence-corrected chi connectivity index (χ1v) is 6.65. The van der Waals surface area contributed by atoms with E-state index in [0.717, 1.165) is 31.1 Å². The molecule has 1 fully saturated rings. The molecule has 1 aliphatic rings. The predicted molar refractivity (Wildman–Crippen MR) is 65.8 cm³/mol. The number of aliphatic hydroxyl groups is 1. The second kappa shape index (κ2) is 5.34. The lowest BCUT2D eigenvalue weighted by atomic mass is 9.71. The van der Waals surface area contributed by atoms with Gasteiger partial charge in [-0.25, -0.2) is 0 Å². The molecule has 1 heteroatoms. The van der Waals surface area contributed by atoms with E-state index in [2.05, 4.69) is 27.7 Å². The Morgan fingerprint density at radius 1 is 1.27 bits per heavy atom. The van der Waals surface area contributed by atoms with Crippen molar-refractivity contribution in [2.24, 2.45) is 17.8 Å². The summed E-state index contributed by atoms with van der Waals surface area (Å²) in [6.07, 6.45) is 6.71. The molecule has 15 heavy (non-hydrogen) atoms. The van der Waals surface area contributed by atoms with Crippen molar-refractivity contribution >= 4 is 0 Å². The molecular formula is C14H28O. The topological polar surface area (TPSA) is 20.2 Å². The molecule has 1 aliphatic carbocycles. The maximum Gasteiger partial charge on any atom is 0.0650 e. The molecule has 0 spiro atoms. The van der Waals surface area contributed by atoms with Gasteiger partial charge in [0.05, 0.1) is 5.60 Å². The van der Waals surface area contributed by atoms with Crippen LogP contribution in [0.1, 0.15) is 66.2 Å². The normalized spacial score (nSPS) is 37.2. The van der Waals surface area contributed by atoms with Gasteiger partial charge in [-0.3, -0.25) is 0 Å². The van der Waals surface area contributed by atoms with Gasteiger partial charge in [0.25, 0.3) is 0 Å². The Bertz CT molecular complexity index is 188. The lowest BCUT2D eigenvalue weighted by molar-refractivity contribution is -0.0370. The highest BCUT2D eigenvalue weighted by Crippen LogP contribution is 2.39. The smallest absolute Gasteiger partial charge is 0.0650 e. The molecule has 1 N–H and O–H groups in total. The summed E-state index contributed by atoms with van der Waals surface area (Å²) in [5, 5.41) is 10.5. The SMILES string of the molecule is CC(C)CCCC1(O)CCC(C)C(C)C1. The first kappa shape index (κ1) is 13.0. The van der Waals surface area contributed by atoms with Gasteiger partial charge in [0.1, 0.15) is 0 Å². The lowest BCUT2D eigenvalue weighted by Crippen LogP contribution is -2.37. The molecule has 0 aromatic rings. The van der Waals surface area contributed by atoms with Crippen molar-refractivity contribution in [2.75, 3.05) is 0 Å². The van der Waals surface area contributed by atoms with E-state index in [-0.39, 0.29) is 5.60 Å². The van der Waals surface area contributed by atoms with Crippen molar-refractivity contribution in [3.05, 3.63) is 0 Å². The van der Waals surface area contributed by atoms with E-state index in [9.17, 15) is 5.11 Å². The van der Waals surface area contributed by atoms with Crippen LogP contribution in [-0.4, -0.2) is 10.7 Å². The summed E-state index contributed by atoms with van der Waals surface area (Å²) in [6, 6.07) is 0. The Labute approximate surface area is 95.3 Å². The summed E-state index contributed by atoms with van der Waals surface area (Å²) in [5.74, 6) is 2.27. The zero-order chi connectivity index (χ0) is 11.5. The van der Waals surface area contributed by atoms with Crippen LogP contribution in [0.3, 0.4) is 0 Å². The lowest BCUT2D eigenvalue weighted by Gasteiger charge is -2.39. The van der Waals surface area contributed by atoms with E-state index >= 15 is 0 Å². The Balaban J connectivity index is 2.32. The zero-order valence-corrected chi connectivity index (χ0v) is 10.9. The van der Waals surface area contributed by atoms with Crippen molar-refractivity contribution in [3.8, 4) is 0 Å². The van der Waals surface area contributed by atoms with Crippen LogP contribution in [-0.2, 0) is 0 Å². The molecule has 0 radical (unpaired) electrons. The van der Waals surface area contributed by atoms with Gasteiger partial charge >= 0.3 is 0 Å². The molecule has 0 aromatic heterocycles. The Hall–Kier alpha value is -0.0400. The maximum atomic E-state index is 10.5. The fraction of sp³-hybridized carbons (Fsp3) is 1.00. The zero-order valence-electron chi connectivity index (χ0n) is 10.9. The molecule has 90 valence electrons. The summed E-state index contributed by atoms with van der Waals surface area (Å²) in [5.41, 5.74) is -0.333. The summed E-state index contributed by atoms with van der Waals surface area (Å²) < 4.78 is 0. The van der Waals surface area contributed by atoms with E-state index in [1.807, 2.05) is 0 Å². The van der Waals surface area contributed by atoms with E-state index in [1.165, 1.54) is 19.3 Å². The van der Waals surface area contributed by atoms with Crippen LogP contribution in [0.5, 0.6) is 0 Å². The van der Waals surface area contributed by atoms with E-state index in [0.29, 0.717) is 5.92 Å². The molecule has 3 atom stereocenters. The monoisotopic (exact) mass is 212 g/mol. The minimum Gasteiger partial charge on any atom is -0.390 e. The number of hydrogen-bond donors (Lipinski definition) is 1. The van der Waals surface area contributed by atoms with Crippen LogP contribution in [0, 0.1) is 17.8 Å². The average Bonchev–Trinajstić information content (AvgIpc) is 2.11. The van der Waals surface area contributed by atoms with Crippen molar-refractivity contribution in [3.63, 3.8) is 0 Å². The minimum atomic E-state index is -0.333. The Morgan fingerprint density at radius 3 is 2.47 bits per heavy atom. The van der Waals surface area contributed by atoms with Crippen molar-refractivity contribution < 1.29 is 5.11 Å². The maximum absolute atomic E-state index is 10.5. The van der Waals surface area contributed by atoms with E-state index in [4.69, 9.17) is 0 Å². The molecule has 3 unspecified atom stereocenters. The summed E-state index contributed by atoms with van der Waals surface area (Å²) in [4.78, 5) is 0. The molecule has 0 bridgehead atoms. The van der Waals surface area contributed by atoms with Crippen LogP contribution in [0.15, 0.2) is 0 Å². The highest BCUT2D eigenvalue weighted by molar-refractivity contribution is 4.87. The van der Waals surface area contributed by atoms with E-state index in [1.54, 1.807) is 0 Å². The van der Waals surface area contributed by atoms with Crippen LogP contribution >= 0.6 is 0 Å². The molecule has 0 aliphatic heterocycles. The second-order valence-corrected chi connectivity index (χ2v) is 6.21. The highest BCUT2D eigenvalue weighted by Gasteiger charge is 2.35.